The summed E-state index contributed by atoms with van der Waals surface area (Å²) < 4.78 is 16.3. The fourth-order valence-electron chi connectivity index (χ4n) is 3.25. The number of hydrogen-bond acceptors (Lipinski definition) is 5. The Hall–Kier alpha value is -3.75. The molecule has 0 bridgehead atoms. The van der Waals surface area contributed by atoms with Gasteiger partial charge in [-0.15, -0.1) is 0 Å². The Morgan fingerprint density at radius 1 is 1.30 bits per heavy atom. The number of nitro benzene ring substituents is 1. The molecule has 0 amide bonds. The lowest BCUT2D eigenvalue weighted by atomic mass is 10.1. The number of aryl methyl sites for hydroxylation is 2. The Bertz CT molecular complexity index is 1200. The predicted octanol–water partition coefficient (Wildman–Crippen LogP) is 4.60. The highest BCUT2D eigenvalue weighted by Crippen LogP contribution is 2.37. The SMILES string of the molecule is CCCCn1cc(C(=O)O)c(=O)c2cc(F)c(Nc3ccc(C)cc3)c([N+](=O)[O-])c21. The molecule has 3 rings (SSSR count). The van der Waals surface area contributed by atoms with Crippen LogP contribution in [0.25, 0.3) is 10.9 Å². The lowest BCUT2D eigenvalue weighted by Crippen LogP contribution is -2.20. The van der Waals surface area contributed by atoms with Crippen molar-refractivity contribution in [3.05, 3.63) is 73.8 Å². The topological polar surface area (TPSA) is 114 Å². The lowest BCUT2D eigenvalue weighted by molar-refractivity contribution is -0.382. The molecular weight excluding hydrogens is 393 g/mol. The maximum absolute atomic E-state index is 14.9. The van der Waals surface area contributed by atoms with Gasteiger partial charge in [-0.1, -0.05) is 31.0 Å². The number of benzene rings is 2. The molecule has 0 aliphatic carbocycles. The summed E-state index contributed by atoms with van der Waals surface area (Å²) in [4.78, 5) is 35.3. The highest BCUT2D eigenvalue weighted by atomic mass is 19.1. The van der Waals surface area contributed by atoms with Gasteiger partial charge in [0.05, 0.1) is 10.3 Å². The molecule has 0 spiro atoms. The first-order valence-electron chi connectivity index (χ1n) is 9.35. The highest BCUT2D eigenvalue weighted by molar-refractivity contribution is 5.99. The molecule has 0 saturated carbocycles. The number of halogens is 1. The van der Waals surface area contributed by atoms with Crippen molar-refractivity contribution in [3.8, 4) is 0 Å². The molecule has 0 aliphatic rings. The van der Waals surface area contributed by atoms with E-state index >= 15 is 0 Å². The van der Waals surface area contributed by atoms with Crippen molar-refractivity contribution in [3.63, 3.8) is 0 Å². The van der Waals surface area contributed by atoms with Gasteiger partial charge >= 0.3 is 11.7 Å². The van der Waals surface area contributed by atoms with Crippen LogP contribution in [0.2, 0.25) is 0 Å². The predicted molar refractivity (Wildman–Crippen MR) is 111 cm³/mol. The zero-order valence-electron chi connectivity index (χ0n) is 16.4. The summed E-state index contributed by atoms with van der Waals surface area (Å²) in [5.41, 5.74) is -1.24. The van der Waals surface area contributed by atoms with Crippen molar-refractivity contribution < 1.29 is 19.2 Å². The molecule has 2 N–H and O–H groups in total. The van der Waals surface area contributed by atoms with E-state index in [2.05, 4.69) is 5.32 Å². The number of nitro groups is 1. The van der Waals surface area contributed by atoms with Gasteiger partial charge < -0.3 is 15.0 Å². The molecule has 0 atom stereocenters. The second kappa shape index (κ2) is 8.32. The average Bonchev–Trinajstić information content (AvgIpc) is 2.69. The van der Waals surface area contributed by atoms with Crippen molar-refractivity contribution in [2.24, 2.45) is 0 Å². The lowest BCUT2D eigenvalue weighted by Gasteiger charge is -2.15. The maximum Gasteiger partial charge on any atom is 0.341 e. The molecule has 8 nitrogen and oxygen atoms in total. The van der Waals surface area contributed by atoms with Crippen LogP contribution in [-0.2, 0) is 6.54 Å². The zero-order chi connectivity index (χ0) is 22.0. The van der Waals surface area contributed by atoms with Crippen molar-refractivity contribution >= 4 is 33.9 Å². The summed E-state index contributed by atoms with van der Waals surface area (Å²) in [6.45, 7) is 4.01. The Morgan fingerprint density at radius 3 is 2.53 bits per heavy atom. The number of pyridine rings is 1. The van der Waals surface area contributed by atoms with Crippen LogP contribution in [0.3, 0.4) is 0 Å². The summed E-state index contributed by atoms with van der Waals surface area (Å²) in [5.74, 6) is -2.49. The summed E-state index contributed by atoms with van der Waals surface area (Å²) in [7, 11) is 0. The molecule has 0 aliphatic heterocycles. The van der Waals surface area contributed by atoms with Crippen molar-refractivity contribution in [1.29, 1.82) is 0 Å². The zero-order valence-corrected chi connectivity index (χ0v) is 16.4. The Balaban J connectivity index is 2.37. The fraction of sp³-hybridized carbons (Fsp3) is 0.238. The summed E-state index contributed by atoms with van der Waals surface area (Å²) in [6.07, 6.45) is 2.41. The highest BCUT2D eigenvalue weighted by Gasteiger charge is 2.28. The normalized spacial score (nSPS) is 10.9. The van der Waals surface area contributed by atoms with E-state index in [1.165, 1.54) is 4.57 Å². The van der Waals surface area contributed by atoms with Gasteiger partial charge in [0.25, 0.3) is 0 Å². The molecule has 2 aromatic carbocycles. The van der Waals surface area contributed by atoms with Crippen molar-refractivity contribution in [2.75, 3.05) is 5.32 Å². The number of nitrogens with one attached hydrogen (secondary N) is 1. The number of carboxylic acid groups (broad SMARTS) is 1. The number of rotatable bonds is 7. The van der Waals surface area contributed by atoms with Crippen LogP contribution in [0.1, 0.15) is 35.7 Å². The minimum absolute atomic E-state index is 0.112. The summed E-state index contributed by atoms with van der Waals surface area (Å²) in [6, 6.07) is 7.70. The number of aromatic carboxylic acids is 1. The minimum atomic E-state index is -1.47. The van der Waals surface area contributed by atoms with Crippen LogP contribution in [0, 0.1) is 22.9 Å². The van der Waals surface area contributed by atoms with Crippen LogP contribution in [-0.4, -0.2) is 20.6 Å². The molecule has 3 aromatic rings. The number of anilines is 2. The molecule has 0 unspecified atom stereocenters. The summed E-state index contributed by atoms with van der Waals surface area (Å²) in [5, 5.41) is 23.7. The monoisotopic (exact) mass is 413 g/mol. The van der Waals surface area contributed by atoms with E-state index in [4.69, 9.17) is 0 Å². The smallest absolute Gasteiger partial charge is 0.341 e. The number of carbonyl (C=O) groups is 1. The number of unbranched alkanes of at least 4 members (excludes halogenated alkanes) is 1. The van der Waals surface area contributed by atoms with Gasteiger partial charge in [0.2, 0.25) is 5.43 Å². The minimum Gasteiger partial charge on any atom is -0.477 e. The molecule has 1 heterocycles. The van der Waals surface area contributed by atoms with Crippen LogP contribution in [0.4, 0.5) is 21.5 Å². The van der Waals surface area contributed by atoms with Gasteiger partial charge in [-0.25, -0.2) is 9.18 Å². The van der Waals surface area contributed by atoms with E-state index < -0.39 is 33.4 Å². The van der Waals surface area contributed by atoms with Crippen molar-refractivity contribution in [2.45, 2.75) is 33.2 Å². The second-order valence-corrected chi connectivity index (χ2v) is 6.95. The Kier molecular flexibility index (Phi) is 5.81. The van der Waals surface area contributed by atoms with E-state index in [1.54, 1.807) is 24.3 Å². The van der Waals surface area contributed by atoms with Crippen LogP contribution < -0.4 is 10.7 Å². The second-order valence-electron chi connectivity index (χ2n) is 6.95. The van der Waals surface area contributed by atoms with E-state index in [0.717, 1.165) is 24.2 Å². The average molecular weight is 413 g/mol. The standard InChI is InChI=1S/C21H20FN3O5/c1-3-4-9-24-11-15(21(27)28)20(26)14-10-16(22)17(19(18(14)24)25(29)30)23-13-7-5-12(2)6-8-13/h5-8,10-11,23H,3-4,9H2,1-2H3,(H,27,28). The maximum atomic E-state index is 14.9. The molecule has 0 radical (unpaired) electrons. The van der Waals surface area contributed by atoms with E-state index in [9.17, 15) is 29.2 Å². The van der Waals surface area contributed by atoms with Gasteiger partial charge in [-0.2, -0.15) is 0 Å². The molecule has 0 saturated heterocycles. The summed E-state index contributed by atoms with van der Waals surface area (Å²) >= 11 is 0. The van der Waals surface area contributed by atoms with E-state index in [1.807, 2.05) is 13.8 Å². The van der Waals surface area contributed by atoms with E-state index in [0.29, 0.717) is 12.1 Å². The first kappa shape index (κ1) is 21.0. The molecule has 0 fully saturated rings. The van der Waals surface area contributed by atoms with Gasteiger partial charge in [0.15, 0.2) is 11.5 Å². The van der Waals surface area contributed by atoms with Crippen LogP contribution >= 0.6 is 0 Å². The molecule has 1 aromatic heterocycles. The third-order valence-electron chi connectivity index (χ3n) is 4.77. The fourth-order valence-corrected chi connectivity index (χ4v) is 3.25. The first-order chi connectivity index (χ1) is 14.2. The van der Waals surface area contributed by atoms with Gasteiger partial charge in [0.1, 0.15) is 11.1 Å². The van der Waals surface area contributed by atoms with Crippen LogP contribution in [0.5, 0.6) is 0 Å². The third-order valence-corrected chi connectivity index (χ3v) is 4.77. The van der Waals surface area contributed by atoms with Crippen molar-refractivity contribution in [1.82, 2.24) is 4.57 Å². The number of aromatic nitrogens is 1. The Labute approximate surface area is 170 Å². The first-order valence-corrected chi connectivity index (χ1v) is 9.35. The van der Waals surface area contributed by atoms with Gasteiger partial charge in [-0.05, 0) is 31.5 Å². The number of nitrogens with zero attached hydrogens (tertiary/aromatic N) is 2. The van der Waals surface area contributed by atoms with Gasteiger partial charge in [-0.3, -0.25) is 14.9 Å². The number of hydrogen-bond donors (Lipinski definition) is 2. The Morgan fingerprint density at radius 2 is 1.97 bits per heavy atom. The number of carboxylic acids is 1. The third kappa shape index (κ3) is 3.86. The molecular formula is C21H20FN3O5. The molecule has 30 heavy (non-hydrogen) atoms. The van der Waals surface area contributed by atoms with E-state index in [-0.39, 0.29) is 23.1 Å². The van der Waals surface area contributed by atoms with Gasteiger partial charge in [0, 0.05) is 18.4 Å². The molecule has 9 heteroatoms. The van der Waals surface area contributed by atoms with Crippen LogP contribution in [0.15, 0.2) is 41.3 Å². The quantitative estimate of drug-likeness (QED) is 0.432. The largest absolute Gasteiger partial charge is 0.477 e. The molecule has 156 valence electrons. The number of fused-ring (bicyclic) bond motifs is 1.